The Morgan fingerprint density at radius 1 is 0.750 bits per heavy atom. The zero-order valence-electron chi connectivity index (χ0n) is 23.9. The van der Waals surface area contributed by atoms with Crippen LogP contribution in [-0.4, -0.2) is 45.8 Å². The first-order valence-electron chi connectivity index (χ1n) is 14.1. The fraction of sp³-hybridized carbons (Fsp3) is 0.828. The fourth-order valence-corrected chi connectivity index (χ4v) is 4.35. The van der Waals surface area contributed by atoms with Gasteiger partial charge in [0.05, 0.1) is 0 Å². The summed E-state index contributed by atoms with van der Waals surface area (Å²) in [7, 11) is 0. The standard InChI is InChI=1S/3C7H14N.C7H10N.CHNS.Zn/c4*1-2-7-3-5-8-6-4-7;2-1-3;/h3*7H,2-6H2,1H3;3-5H,2,6H2,1H3;3H;/q4*-1;;+2. The number of allylic oxidation sites excluding steroid dienone is 2. The third kappa shape index (κ3) is 22.8. The molecular formula is C29H53N5SZn-2. The summed E-state index contributed by atoms with van der Waals surface area (Å²) >= 11 is 3.09. The number of nitrogens with zero attached hydrogens (tertiary/aromatic N) is 5. The average Bonchev–Trinajstić information content (AvgIpc) is 2.96. The Balaban J connectivity index is 0. The van der Waals surface area contributed by atoms with E-state index in [4.69, 9.17) is 5.26 Å². The van der Waals surface area contributed by atoms with Crippen molar-refractivity contribution in [3.05, 3.63) is 45.2 Å². The second-order valence-corrected chi connectivity index (χ2v) is 9.68. The van der Waals surface area contributed by atoms with Crippen molar-refractivity contribution in [3.8, 4) is 5.40 Å². The van der Waals surface area contributed by atoms with Gasteiger partial charge in [-0.25, -0.2) is 0 Å². The molecule has 36 heavy (non-hydrogen) atoms. The maximum Gasteiger partial charge on any atom is 2.00 e. The topological polar surface area (TPSA) is 80.2 Å². The van der Waals surface area contributed by atoms with Crippen molar-refractivity contribution in [1.82, 2.24) is 0 Å². The Labute approximate surface area is 242 Å². The summed E-state index contributed by atoms with van der Waals surface area (Å²) in [4.78, 5) is 0. The fourth-order valence-electron chi connectivity index (χ4n) is 4.35. The van der Waals surface area contributed by atoms with Crippen LogP contribution in [-0.2, 0) is 19.5 Å². The number of nitriles is 1. The van der Waals surface area contributed by atoms with E-state index in [0.717, 1.165) is 70.0 Å². The smallest absolute Gasteiger partial charge is 0.687 e. The van der Waals surface area contributed by atoms with Gasteiger partial charge in [0, 0.05) is 0 Å². The molecule has 0 unspecified atom stereocenters. The summed E-state index contributed by atoms with van der Waals surface area (Å²) in [6.45, 7) is 16.6. The zero-order chi connectivity index (χ0) is 26.0. The molecule has 0 N–H and O–H groups in total. The predicted octanol–water partition coefficient (Wildman–Crippen LogP) is 9.16. The molecule has 5 nitrogen and oxygen atoms in total. The Hall–Kier alpha value is -0.377. The molecule has 0 atom stereocenters. The van der Waals surface area contributed by atoms with Crippen molar-refractivity contribution >= 4 is 12.6 Å². The first-order chi connectivity index (χ1) is 17.1. The molecular weight excluding hydrogens is 516 g/mol. The van der Waals surface area contributed by atoms with Gasteiger partial charge in [-0.15, -0.1) is 45.8 Å². The van der Waals surface area contributed by atoms with Crippen LogP contribution in [0.2, 0.25) is 0 Å². The van der Waals surface area contributed by atoms with Crippen molar-refractivity contribution in [2.24, 2.45) is 17.8 Å². The van der Waals surface area contributed by atoms with Gasteiger partial charge in [0.15, 0.2) is 0 Å². The predicted molar refractivity (Wildman–Crippen MR) is 159 cm³/mol. The van der Waals surface area contributed by atoms with E-state index in [-0.39, 0.29) is 19.5 Å². The van der Waals surface area contributed by atoms with Gasteiger partial charge < -0.3 is 21.3 Å². The van der Waals surface area contributed by atoms with Gasteiger partial charge in [0.1, 0.15) is 5.40 Å². The molecule has 0 aliphatic carbocycles. The normalized spacial score (nSPS) is 19.8. The summed E-state index contributed by atoms with van der Waals surface area (Å²) < 4.78 is 0. The number of hydrogen-bond acceptors (Lipinski definition) is 2. The molecule has 0 spiro atoms. The largest absolute Gasteiger partial charge is 2.00 e. The molecule has 204 valence electrons. The van der Waals surface area contributed by atoms with E-state index in [1.807, 2.05) is 6.20 Å². The van der Waals surface area contributed by atoms with Crippen LogP contribution in [0.15, 0.2) is 23.9 Å². The molecule has 4 aliphatic heterocycles. The van der Waals surface area contributed by atoms with E-state index < -0.39 is 0 Å². The third-order valence-corrected chi connectivity index (χ3v) is 7.17. The van der Waals surface area contributed by atoms with E-state index >= 15 is 0 Å². The van der Waals surface area contributed by atoms with Crippen LogP contribution in [0.4, 0.5) is 0 Å². The van der Waals surface area contributed by atoms with Crippen molar-refractivity contribution in [1.29, 1.82) is 5.26 Å². The van der Waals surface area contributed by atoms with Crippen molar-refractivity contribution in [2.45, 2.75) is 91.9 Å². The number of rotatable bonds is 4. The van der Waals surface area contributed by atoms with Crippen molar-refractivity contribution < 1.29 is 19.5 Å². The molecule has 0 aromatic carbocycles. The minimum absolute atomic E-state index is 0. The number of thiocyanates is 1. The molecule has 0 radical (unpaired) electrons. The quantitative estimate of drug-likeness (QED) is 0.205. The van der Waals surface area contributed by atoms with Gasteiger partial charge in [-0.05, 0) is 24.2 Å². The summed E-state index contributed by atoms with van der Waals surface area (Å²) in [6, 6.07) is 0. The van der Waals surface area contributed by atoms with Gasteiger partial charge in [0.25, 0.3) is 0 Å². The molecule has 0 bridgehead atoms. The molecule has 0 amide bonds. The zero-order valence-corrected chi connectivity index (χ0v) is 27.7. The van der Waals surface area contributed by atoms with Crippen LogP contribution in [0.25, 0.3) is 21.3 Å². The summed E-state index contributed by atoms with van der Waals surface area (Å²) in [6.07, 6.45) is 19.3. The van der Waals surface area contributed by atoms with E-state index in [2.05, 4.69) is 73.7 Å². The molecule has 4 aliphatic rings. The van der Waals surface area contributed by atoms with E-state index in [1.54, 1.807) is 0 Å². The van der Waals surface area contributed by atoms with Gasteiger partial charge in [0.2, 0.25) is 0 Å². The van der Waals surface area contributed by atoms with Crippen molar-refractivity contribution in [2.75, 3.05) is 45.8 Å². The Bertz CT molecular complexity index is 504. The molecule has 7 heteroatoms. The van der Waals surface area contributed by atoms with E-state index in [9.17, 15) is 0 Å². The number of thiol groups is 1. The van der Waals surface area contributed by atoms with Crippen molar-refractivity contribution in [3.63, 3.8) is 0 Å². The van der Waals surface area contributed by atoms with Gasteiger partial charge in [-0.3, -0.25) is 0 Å². The maximum absolute atomic E-state index is 7.18. The van der Waals surface area contributed by atoms with Crippen LogP contribution in [0.3, 0.4) is 0 Å². The molecule has 3 fully saturated rings. The summed E-state index contributed by atoms with van der Waals surface area (Å²) in [5, 5.41) is 25.5. The maximum atomic E-state index is 7.18. The molecule has 0 saturated carbocycles. The van der Waals surface area contributed by atoms with E-state index in [1.165, 1.54) is 68.8 Å². The minimum atomic E-state index is 0. The molecule has 3 saturated heterocycles. The molecule has 4 heterocycles. The van der Waals surface area contributed by atoms with Crippen LogP contribution in [0.1, 0.15) is 91.9 Å². The van der Waals surface area contributed by atoms with Crippen LogP contribution < -0.4 is 0 Å². The first kappa shape index (κ1) is 37.8. The van der Waals surface area contributed by atoms with Gasteiger partial charge in [-0.2, -0.15) is 11.5 Å². The van der Waals surface area contributed by atoms with Gasteiger partial charge >= 0.3 is 19.5 Å². The van der Waals surface area contributed by atoms with Crippen LogP contribution >= 0.6 is 12.6 Å². The second kappa shape index (κ2) is 29.2. The van der Waals surface area contributed by atoms with Gasteiger partial charge in [-0.1, -0.05) is 116 Å². The Kier molecular flexibility index (Phi) is 30.6. The third-order valence-electron chi connectivity index (χ3n) is 7.17. The Morgan fingerprint density at radius 3 is 1.25 bits per heavy atom. The first-order valence-corrected chi connectivity index (χ1v) is 14.5. The number of hydrogen-bond donors (Lipinski definition) is 1. The second-order valence-electron chi connectivity index (χ2n) is 9.48. The summed E-state index contributed by atoms with van der Waals surface area (Å²) in [5.74, 6) is 2.98. The average molecular weight is 569 g/mol. The molecule has 4 rings (SSSR count). The molecule has 0 aromatic rings. The summed E-state index contributed by atoms with van der Waals surface area (Å²) in [5.41, 5.74) is 1.40. The van der Waals surface area contributed by atoms with Crippen LogP contribution in [0.5, 0.6) is 0 Å². The number of piperidine rings is 3. The van der Waals surface area contributed by atoms with Crippen LogP contribution in [0, 0.1) is 28.4 Å². The Morgan fingerprint density at radius 2 is 1.08 bits per heavy atom. The van der Waals surface area contributed by atoms with E-state index in [0.29, 0.717) is 0 Å². The monoisotopic (exact) mass is 567 g/mol. The molecule has 0 aromatic heterocycles. The minimum Gasteiger partial charge on any atom is -0.687 e. The SMILES string of the molecule is CCC1=CC[N-]C=C1.CCC1CC[N-]CC1.CCC1CC[N-]CC1.CCC1CC[N-]CC1.N#CS.[Zn+2].